The second-order valence-corrected chi connectivity index (χ2v) is 5.88. The van der Waals surface area contributed by atoms with Gasteiger partial charge in [-0.1, -0.05) is 23.2 Å². The lowest BCUT2D eigenvalue weighted by molar-refractivity contribution is 0.0231. The molecule has 0 aromatic heterocycles. The maximum Gasteiger partial charge on any atom is 0.142 e. The molecule has 0 aliphatic rings. The summed E-state index contributed by atoms with van der Waals surface area (Å²) in [5.41, 5.74) is -0.424. The third-order valence-electron chi connectivity index (χ3n) is 3.15. The minimum absolute atomic E-state index is 0.00837. The van der Waals surface area contributed by atoms with E-state index in [2.05, 4.69) is 5.32 Å². The Kier molecular flexibility index (Phi) is 6.69. The van der Waals surface area contributed by atoms with Gasteiger partial charge in [0, 0.05) is 43.3 Å². The number of nitrogens with one attached hydrogen (secondary N) is 1. The van der Waals surface area contributed by atoms with Crippen molar-refractivity contribution in [1.29, 1.82) is 0 Å². The van der Waals surface area contributed by atoms with Crippen LogP contribution in [0.4, 0.5) is 4.39 Å². The molecule has 0 bridgehead atoms. The van der Waals surface area contributed by atoms with Crippen molar-refractivity contribution in [2.75, 3.05) is 20.3 Å². The van der Waals surface area contributed by atoms with Gasteiger partial charge in [0.1, 0.15) is 5.82 Å². The molecular weight excluding hydrogens is 304 g/mol. The molecule has 0 aliphatic heterocycles. The molecule has 0 fully saturated rings. The molecule has 6 heteroatoms. The molecule has 0 heterocycles. The molecule has 114 valence electrons. The molecule has 0 aliphatic carbocycles. The van der Waals surface area contributed by atoms with E-state index in [9.17, 15) is 9.50 Å². The van der Waals surface area contributed by atoms with Gasteiger partial charge >= 0.3 is 0 Å². The Morgan fingerprint density at radius 2 is 2.10 bits per heavy atom. The van der Waals surface area contributed by atoms with Crippen LogP contribution in [0.25, 0.3) is 0 Å². The van der Waals surface area contributed by atoms with E-state index >= 15 is 0 Å². The lowest BCUT2D eigenvalue weighted by Gasteiger charge is -2.26. The van der Waals surface area contributed by atoms with Gasteiger partial charge < -0.3 is 15.2 Å². The molecular formula is C14H20Cl2FNO2. The van der Waals surface area contributed by atoms with Crippen LogP contribution >= 0.6 is 23.2 Å². The van der Waals surface area contributed by atoms with Gasteiger partial charge in [0.25, 0.3) is 0 Å². The predicted molar refractivity (Wildman–Crippen MR) is 80.0 cm³/mol. The number of ether oxygens (including phenoxy) is 1. The molecule has 1 aromatic carbocycles. The van der Waals surface area contributed by atoms with E-state index < -0.39 is 11.4 Å². The summed E-state index contributed by atoms with van der Waals surface area (Å²) in [5, 5.41) is 13.7. The van der Waals surface area contributed by atoms with Gasteiger partial charge in [-0.15, -0.1) is 0 Å². The van der Waals surface area contributed by atoms with E-state index in [1.54, 1.807) is 14.0 Å². The zero-order valence-corrected chi connectivity index (χ0v) is 13.4. The molecule has 0 amide bonds. The van der Waals surface area contributed by atoms with Crippen LogP contribution in [0.1, 0.15) is 31.9 Å². The van der Waals surface area contributed by atoms with Crippen LogP contribution in [0.15, 0.2) is 12.1 Å². The van der Waals surface area contributed by atoms with E-state index in [4.69, 9.17) is 27.9 Å². The monoisotopic (exact) mass is 323 g/mol. The highest BCUT2D eigenvalue weighted by Gasteiger charge is 2.23. The minimum atomic E-state index is -0.920. The Labute approximate surface area is 129 Å². The van der Waals surface area contributed by atoms with Gasteiger partial charge in [0.05, 0.1) is 10.6 Å². The number of aliphatic hydroxyl groups is 1. The highest BCUT2D eigenvalue weighted by atomic mass is 35.5. The Morgan fingerprint density at radius 1 is 1.45 bits per heavy atom. The van der Waals surface area contributed by atoms with Crippen molar-refractivity contribution in [3.8, 4) is 0 Å². The summed E-state index contributed by atoms with van der Waals surface area (Å²) in [6.07, 6.45) is 0.494. The molecule has 0 radical (unpaired) electrons. The predicted octanol–water partition coefficient (Wildman–Crippen LogP) is 3.57. The van der Waals surface area contributed by atoms with Crippen molar-refractivity contribution < 1.29 is 14.2 Å². The van der Waals surface area contributed by atoms with Crippen LogP contribution in [0, 0.1) is 5.82 Å². The van der Waals surface area contributed by atoms with Gasteiger partial charge in [-0.05, 0) is 26.0 Å². The van der Waals surface area contributed by atoms with Gasteiger partial charge in [-0.2, -0.15) is 0 Å². The minimum Gasteiger partial charge on any atom is -0.389 e. The average Bonchev–Trinajstić information content (AvgIpc) is 2.39. The average molecular weight is 324 g/mol. The van der Waals surface area contributed by atoms with Gasteiger partial charge in [-0.25, -0.2) is 4.39 Å². The van der Waals surface area contributed by atoms with Gasteiger partial charge in [0.15, 0.2) is 0 Å². The number of methoxy groups -OCH3 is 1. The Hall–Kier alpha value is -0.390. The van der Waals surface area contributed by atoms with E-state index in [1.807, 2.05) is 6.92 Å². The molecule has 0 spiro atoms. The number of halogens is 3. The first kappa shape index (κ1) is 17.7. The van der Waals surface area contributed by atoms with Crippen LogP contribution in [-0.2, 0) is 4.74 Å². The lowest BCUT2D eigenvalue weighted by Crippen LogP contribution is -2.39. The van der Waals surface area contributed by atoms with Gasteiger partial charge in [0.2, 0.25) is 0 Å². The number of hydrogen-bond donors (Lipinski definition) is 2. The smallest absolute Gasteiger partial charge is 0.142 e. The lowest BCUT2D eigenvalue weighted by atomic mass is 10.0. The molecule has 1 aromatic rings. The second kappa shape index (κ2) is 7.57. The number of hydrogen-bond acceptors (Lipinski definition) is 3. The van der Waals surface area contributed by atoms with Crippen molar-refractivity contribution in [3.63, 3.8) is 0 Å². The number of rotatable bonds is 7. The van der Waals surface area contributed by atoms with Crippen LogP contribution in [0.2, 0.25) is 10.0 Å². The Balaban J connectivity index is 2.72. The highest BCUT2D eigenvalue weighted by Crippen LogP contribution is 2.32. The van der Waals surface area contributed by atoms with E-state index in [0.717, 1.165) is 0 Å². The summed E-state index contributed by atoms with van der Waals surface area (Å²) >= 11 is 12.0. The molecule has 2 N–H and O–H groups in total. The van der Waals surface area contributed by atoms with Crippen molar-refractivity contribution in [3.05, 3.63) is 33.6 Å². The van der Waals surface area contributed by atoms with Gasteiger partial charge in [-0.3, -0.25) is 0 Å². The Morgan fingerprint density at radius 3 is 2.70 bits per heavy atom. The van der Waals surface area contributed by atoms with Crippen LogP contribution in [0.5, 0.6) is 0 Å². The summed E-state index contributed by atoms with van der Waals surface area (Å²) in [5.74, 6) is -0.508. The van der Waals surface area contributed by atoms with Crippen LogP contribution < -0.4 is 5.32 Å². The van der Waals surface area contributed by atoms with Crippen molar-refractivity contribution in [1.82, 2.24) is 5.32 Å². The summed E-state index contributed by atoms with van der Waals surface area (Å²) in [6, 6.07) is 2.43. The summed E-state index contributed by atoms with van der Waals surface area (Å²) in [4.78, 5) is 0. The summed E-state index contributed by atoms with van der Waals surface area (Å²) in [7, 11) is 1.58. The highest BCUT2D eigenvalue weighted by molar-refractivity contribution is 6.36. The van der Waals surface area contributed by atoms with E-state index in [-0.39, 0.29) is 11.1 Å². The molecule has 20 heavy (non-hydrogen) atoms. The first-order valence-corrected chi connectivity index (χ1v) is 7.12. The van der Waals surface area contributed by atoms with Crippen molar-refractivity contribution in [2.45, 2.75) is 31.9 Å². The van der Waals surface area contributed by atoms with Crippen LogP contribution in [-0.4, -0.2) is 31.0 Å². The zero-order chi connectivity index (χ0) is 15.3. The fourth-order valence-electron chi connectivity index (χ4n) is 1.83. The van der Waals surface area contributed by atoms with Crippen molar-refractivity contribution in [2.24, 2.45) is 0 Å². The van der Waals surface area contributed by atoms with Crippen LogP contribution in [0.3, 0.4) is 0 Å². The summed E-state index contributed by atoms with van der Waals surface area (Å²) in [6.45, 7) is 4.31. The standard InChI is InChI=1S/C14H20Cl2FNO2/c1-9(18-8-14(2,19)6-7-20-3)12-10(15)4-5-11(17)13(12)16/h4-5,9,18-19H,6-8H2,1-3H3. The molecule has 0 saturated heterocycles. The van der Waals surface area contributed by atoms with E-state index in [0.29, 0.717) is 30.2 Å². The third-order valence-corrected chi connectivity index (χ3v) is 3.86. The quantitative estimate of drug-likeness (QED) is 0.754. The largest absolute Gasteiger partial charge is 0.389 e. The maximum absolute atomic E-state index is 13.5. The fourth-order valence-corrected chi connectivity index (χ4v) is 2.52. The molecule has 0 saturated carbocycles. The molecule has 3 nitrogen and oxygen atoms in total. The topological polar surface area (TPSA) is 41.5 Å². The Bertz CT molecular complexity index is 455. The fraction of sp³-hybridized carbons (Fsp3) is 0.571. The normalized spacial score (nSPS) is 15.9. The molecule has 2 unspecified atom stereocenters. The first-order chi connectivity index (χ1) is 9.28. The molecule has 1 rings (SSSR count). The zero-order valence-electron chi connectivity index (χ0n) is 11.8. The first-order valence-electron chi connectivity index (χ1n) is 6.36. The summed E-state index contributed by atoms with van der Waals surface area (Å²) < 4.78 is 18.4. The maximum atomic E-state index is 13.5. The second-order valence-electron chi connectivity index (χ2n) is 5.10. The third kappa shape index (κ3) is 4.86. The molecule has 2 atom stereocenters. The SMILES string of the molecule is COCCC(C)(O)CNC(C)c1c(Cl)ccc(F)c1Cl. The number of benzene rings is 1. The van der Waals surface area contributed by atoms with E-state index in [1.165, 1.54) is 12.1 Å². The van der Waals surface area contributed by atoms with Crippen molar-refractivity contribution >= 4 is 23.2 Å².